The predicted octanol–water partition coefficient (Wildman–Crippen LogP) is 1.14. The number of amides is 1. The van der Waals surface area contributed by atoms with Crippen molar-refractivity contribution >= 4 is 11.6 Å². The Balaban J connectivity index is 2.12. The number of morpholine rings is 1. The number of anilines is 1. The van der Waals surface area contributed by atoms with Gasteiger partial charge >= 0.3 is 0 Å². The van der Waals surface area contributed by atoms with Crippen molar-refractivity contribution in [2.24, 2.45) is 0 Å². The van der Waals surface area contributed by atoms with E-state index >= 15 is 0 Å². The van der Waals surface area contributed by atoms with Gasteiger partial charge < -0.3 is 20.3 Å². The van der Waals surface area contributed by atoms with Gasteiger partial charge in [-0.05, 0) is 38.6 Å². The highest BCUT2D eigenvalue weighted by Crippen LogP contribution is 2.20. The van der Waals surface area contributed by atoms with Crippen LogP contribution in [0.5, 0.6) is 0 Å². The van der Waals surface area contributed by atoms with Crippen LogP contribution >= 0.6 is 0 Å². The van der Waals surface area contributed by atoms with Gasteiger partial charge in [0, 0.05) is 24.8 Å². The molecule has 1 unspecified atom stereocenters. The summed E-state index contributed by atoms with van der Waals surface area (Å²) in [5.74, 6) is 0.0315. The Kier molecular flexibility index (Phi) is 5.59. The highest BCUT2D eigenvalue weighted by Gasteiger charge is 2.29. The van der Waals surface area contributed by atoms with E-state index < -0.39 is 0 Å². The van der Waals surface area contributed by atoms with Crippen LogP contribution < -0.4 is 15.5 Å². The van der Waals surface area contributed by atoms with Crippen LogP contribution in [0.1, 0.15) is 19.4 Å². The molecule has 1 fully saturated rings. The average molecular weight is 291 g/mol. The number of rotatable bonds is 5. The zero-order chi connectivity index (χ0) is 15.2. The molecule has 0 aromatic heterocycles. The van der Waals surface area contributed by atoms with E-state index in [2.05, 4.69) is 39.8 Å². The summed E-state index contributed by atoms with van der Waals surface area (Å²) in [7, 11) is 1.93. The molecule has 0 bridgehead atoms. The van der Waals surface area contributed by atoms with E-state index in [1.165, 1.54) is 5.56 Å². The van der Waals surface area contributed by atoms with Gasteiger partial charge in [-0.1, -0.05) is 12.1 Å². The lowest BCUT2D eigenvalue weighted by Crippen LogP contribution is -2.55. The summed E-state index contributed by atoms with van der Waals surface area (Å²) in [6.45, 7) is 6.62. The summed E-state index contributed by atoms with van der Waals surface area (Å²) in [5, 5.41) is 6.11. The van der Waals surface area contributed by atoms with Crippen LogP contribution in [0.4, 0.5) is 5.69 Å². The molecule has 5 heteroatoms. The normalized spacial score (nSPS) is 18.9. The van der Waals surface area contributed by atoms with Crippen LogP contribution in [0.3, 0.4) is 0 Å². The maximum atomic E-state index is 12.3. The molecule has 0 radical (unpaired) electrons. The van der Waals surface area contributed by atoms with Gasteiger partial charge in [0.15, 0.2) is 0 Å². The summed E-state index contributed by atoms with van der Waals surface area (Å²) < 4.78 is 5.49. The zero-order valence-corrected chi connectivity index (χ0v) is 13.1. The molecule has 0 saturated carbocycles. The molecule has 1 aliphatic rings. The van der Waals surface area contributed by atoms with Crippen LogP contribution in [0.15, 0.2) is 24.3 Å². The average Bonchev–Trinajstić information content (AvgIpc) is 2.48. The summed E-state index contributed by atoms with van der Waals surface area (Å²) in [6.07, 6.45) is 0. The Hall–Kier alpha value is -1.59. The molecule has 5 nitrogen and oxygen atoms in total. The minimum atomic E-state index is -0.253. The van der Waals surface area contributed by atoms with Crippen LogP contribution in [-0.2, 0) is 16.1 Å². The van der Waals surface area contributed by atoms with E-state index in [9.17, 15) is 4.79 Å². The van der Waals surface area contributed by atoms with Crippen LogP contribution in [0.2, 0.25) is 0 Å². The molecule has 1 amide bonds. The number of hydrogen-bond donors (Lipinski definition) is 2. The smallest absolute Gasteiger partial charge is 0.245 e. The fourth-order valence-corrected chi connectivity index (χ4v) is 2.52. The molecule has 0 aliphatic carbocycles. The molecular formula is C16H25N3O2. The Morgan fingerprint density at radius 3 is 2.71 bits per heavy atom. The molecule has 1 heterocycles. The minimum Gasteiger partial charge on any atom is -0.377 e. The van der Waals surface area contributed by atoms with Crippen molar-refractivity contribution < 1.29 is 9.53 Å². The number of benzene rings is 1. The molecule has 1 aromatic rings. The third-order valence-corrected chi connectivity index (χ3v) is 3.51. The van der Waals surface area contributed by atoms with Crippen molar-refractivity contribution in [3.63, 3.8) is 0 Å². The van der Waals surface area contributed by atoms with Crippen molar-refractivity contribution in [1.29, 1.82) is 0 Å². The highest BCUT2D eigenvalue weighted by molar-refractivity contribution is 5.85. The molecule has 0 spiro atoms. The minimum absolute atomic E-state index is 0.0315. The predicted molar refractivity (Wildman–Crippen MR) is 84.4 cm³/mol. The van der Waals surface area contributed by atoms with Crippen molar-refractivity contribution in [2.75, 3.05) is 31.7 Å². The fraction of sp³-hybridized carbons (Fsp3) is 0.562. The number of ether oxygens (including phenoxy) is 1. The van der Waals surface area contributed by atoms with E-state index in [4.69, 9.17) is 4.74 Å². The zero-order valence-electron chi connectivity index (χ0n) is 13.1. The van der Waals surface area contributed by atoms with Crippen molar-refractivity contribution in [3.05, 3.63) is 29.8 Å². The van der Waals surface area contributed by atoms with Crippen molar-refractivity contribution in [1.82, 2.24) is 10.6 Å². The van der Waals surface area contributed by atoms with Crippen molar-refractivity contribution in [2.45, 2.75) is 32.5 Å². The molecular weight excluding hydrogens is 266 g/mol. The quantitative estimate of drug-likeness (QED) is 0.854. The van der Waals surface area contributed by atoms with Gasteiger partial charge in [-0.3, -0.25) is 4.79 Å². The lowest BCUT2D eigenvalue weighted by atomic mass is 10.1. The first-order valence-corrected chi connectivity index (χ1v) is 7.50. The van der Waals surface area contributed by atoms with Crippen LogP contribution in [0.25, 0.3) is 0 Å². The van der Waals surface area contributed by atoms with Gasteiger partial charge in [0.2, 0.25) is 5.91 Å². The number of nitrogens with zero attached hydrogens (tertiary/aromatic N) is 1. The van der Waals surface area contributed by atoms with E-state index in [1.54, 1.807) is 0 Å². The van der Waals surface area contributed by atoms with Gasteiger partial charge in [0.05, 0.1) is 13.2 Å². The van der Waals surface area contributed by atoms with E-state index in [0.29, 0.717) is 13.2 Å². The Morgan fingerprint density at radius 2 is 2.10 bits per heavy atom. The molecule has 21 heavy (non-hydrogen) atoms. The van der Waals surface area contributed by atoms with Crippen LogP contribution in [0, 0.1) is 0 Å². The highest BCUT2D eigenvalue weighted by atomic mass is 16.5. The summed E-state index contributed by atoms with van der Waals surface area (Å²) >= 11 is 0. The SMILES string of the molecule is CNCc1ccc(N2CCOCC2C(=O)NC(C)C)cc1. The Bertz CT molecular complexity index is 459. The molecule has 1 aliphatic heterocycles. The molecule has 2 N–H and O–H groups in total. The number of hydrogen-bond acceptors (Lipinski definition) is 4. The van der Waals surface area contributed by atoms with E-state index in [0.717, 1.165) is 18.8 Å². The second-order valence-corrected chi connectivity index (χ2v) is 5.64. The van der Waals surface area contributed by atoms with E-state index in [1.807, 2.05) is 20.9 Å². The maximum Gasteiger partial charge on any atom is 0.245 e. The monoisotopic (exact) mass is 291 g/mol. The number of carbonyl (C=O) groups is 1. The Labute approximate surface area is 126 Å². The summed E-state index contributed by atoms with van der Waals surface area (Å²) in [4.78, 5) is 14.4. The van der Waals surface area contributed by atoms with Gasteiger partial charge in [0.25, 0.3) is 0 Å². The van der Waals surface area contributed by atoms with Crippen molar-refractivity contribution in [3.8, 4) is 0 Å². The van der Waals surface area contributed by atoms with E-state index in [-0.39, 0.29) is 18.0 Å². The largest absolute Gasteiger partial charge is 0.377 e. The molecule has 2 rings (SSSR count). The first-order valence-electron chi connectivity index (χ1n) is 7.50. The fourth-order valence-electron chi connectivity index (χ4n) is 2.52. The van der Waals surface area contributed by atoms with Gasteiger partial charge in [-0.15, -0.1) is 0 Å². The summed E-state index contributed by atoms with van der Waals surface area (Å²) in [6, 6.07) is 8.23. The molecule has 116 valence electrons. The maximum absolute atomic E-state index is 12.3. The standard InChI is InChI=1S/C16H25N3O2/c1-12(2)18-16(20)15-11-21-9-8-19(15)14-6-4-13(5-7-14)10-17-3/h4-7,12,15,17H,8-11H2,1-3H3,(H,18,20). The van der Waals surface area contributed by atoms with Crippen LogP contribution in [-0.4, -0.2) is 44.8 Å². The topological polar surface area (TPSA) is 53.6 Å². The first-order chi connectivity index (χ1) is 10.1. The Morgan fingerprint density at radius 1 is 1.38 bits per heavy atom. The van der Waals surface area contributed by atoms with Gasteiger partial charge in [-0.25, -0.2) is 0 Å². The third-order valence-electron chi connectivity index (χ3n) is 3.51. The number of nitrogens with one attached hydrogen (secondary N) is 2. The second kappa shape index (κ2) is 7.43. The molecule has 1 saturated heterocycles. The van der Waals surface area contributed by atoms with Gasteiger partial charge in [0.1, 0.15) is 6.04 Å². The lowest BCUT2D eigenvalue weighted by Gasteiger charge is -2.36. The molecule has 1 aromatic carbocycles. The summed E-state index contributed by atoms with van der Waals surface area (Å²) in [5.41, 5.74) is 2.31. The first kappa shape index (κ1) is 15.8. The number of carbonyl (C=O) groups excluding carboxylic acids is 1. The third kappa shape index (κ3) is 4.19. The second-order valence-electron chi connectivity index (χ2n) is 5.64. The lowest BCUT2D eigenvalue weighted by molar-refractivity contribution is -0.125. The molecule has 1 atom stereocenters. The van der Waals surface area contributed by atoms with Gasteiger partial charge in [-0.2, -0.15) is 0 Å².